The summed E-state index contributed by atoms with van der Waals surface area (Å²) in [5, 5.41) is 86.6. The molecule has 0 aromatic heterocycles. The van der Waals surface area contributed by atoms with Crippen LogP contribution in [0.5, 0.6) is 0 Å². The molecule has 0 amide bonds. The average molecular weight is 342 g/mol. The minimum absolute atomic E-state index is 0.704. The molecule has 2 aliphatic rings. The first-order chi connectivity index (χ1) is 10.7. The summed E-state index contributed by atoms with van der Waals surface area (Å²) in [6.45, 7) is -0.704. The Morgan fingerprint density at radius 1 is 0.609 bits per heavy atom. The lowest BCUT2D eigenvalue weighted by atomic mass is 9.84. The molecule has 0 aromatic rings. The van der Waals surface area contributed by atoms with Crippen molar-refractivity contribution in [1.82, 2.24) is 0 Å². The van der Waals surface area contributed by atoms with Crippen LogP contribution in [0.25, 0.3) is 0 Å². The second kappa shape index (κ2) is 7.21. The van der Waals surface area contributed by atoms with Gasteiger partial charge in [0.15, 0.2) is 6.29 Å². The second-order valence-electron chi connectivity index (χ2n) is 5.75. The third kappa shape index (κ3) is 3.36. The fraction of sp³-hybridized carbons (Fsp3) is 1.00. The Labute approximate surface area is 130 Å². The Morgan fingerprint density at radius 2 is 1.04 bits per heavy atom. The molecule has 136 valence electrons. The second-order valence-corrected chi connectivity index (χ2v) is 5.75. The normalized spacial score (nSPS) is 54.9. The number of aliphatic hydroxyl groups excluding tert-OH is 9. The Morgan fingerprint density at radius 3 is 1.52 bits per heavy atom. The lowest BCUT2D eigenvalue weighted by molar-refractivity contribution is -0.339. The van der Waals surface area contributed by atoms with E-state index < -0.39 is 73.9 Å². The predicted octanol–water partition coefficient (Wildman–Crippen LogP) is -6.01. The molecule has 1 unspecified atom stereocenters. The molecular formula is C12H22O11. The standard InChI is InChI=1S/C12H22O11/c13-1-2-3(14)4(15)10(21)12(22-2)23-11-8(19)6(17)5(16)7(18)9(11)20/h2-21H,1H2/t2-,3+,4+,5-,6-,7+,8-,9-,10-,11+,12?/m1/s1. The molecule has 11 atom stereocenters. The van der Waals surface area contributed by atoms with Gasteiger partial charge in [0, 0.05) is 0 Å². The van der Waals surface area contributed by atoms with Crippen LogP contribution in [0.4, 0.5) is 0 Å². The van der Waals surface area contributed by atoms with Crippen molar-refractivity contribution in [2.45, 2.75) is 67.3 Å². The van der Waals surface area contributed by atoms with Crippen LogP contribution in [0.2, 0.25) is 0 Å². The van der Waals surface area contributed by atoms with Crippen molar-refractivity contribution >= 4 is 0 Å². The maximum atomic E-state index is 9.85. The molecule has 2 fully saturated rings. The van der Waals surface area contributed by atoms with E-state index in [0.29, 0.717) is 0 Å². The van der Waals surface area contributed by atoms with Crippen LogP contribution in [-0.2, 0) is 9.47 Å². The summed E-state index contributed by atoms with van der Waals surface area (Å²) in [7, 11) is 0. The molecule has 1 aliphatic heterocycles. The molecular weight excluding hydrogens is 320 g/mol. The maximum Gasteiger partial charge on any atom is 0.187 e. The summed E-state index contributed by atoms with van der Waals surface area (Å²) < 4.78 is 10.2. The SMILES string of the molecule is OC[C@H]1OC(O[C@H]2[C@H](O)[C@H](O)[C@@H](O)[C@H](O)[C@H]2O)[C@H](O)[C@@H](O)[C@H]1O. The third-order valence-corrected chi connectivity index (χ3v) is 4.21. The van der Waals surface area contributed by atoms with Crippen molar-refractivity contribution in [2.75, 3.05) is 6.61 Å². The van der Waals surface area contributed by atoms with E-state index in [1.54, 1.807) is 0 Å². The van der Waals surface area contributed by atoms with Gasteiger partial charge in [0.1, 0.15) is 61.0 Å². The van der Waals surface area contributed by atoms with Gasteiger partial charge in [-0.2, -0.15) is 0 Å². The van der Waals surface area contributed by atoms with Gasteiger partial charge in [0.25, 0.3) is 0 Å². The van der Waals surface area contributed by atoms with Crippen LogP contribution in [0.1, 0.15) is 0 Å². The van der Waals surface area contributed by atoms with Crippen molar-refractivity contribution in [3.8, 4) is 0 Å². The summed E-state index contributed by atoms with van der Waals surface area (Å²) in [5.74, 6) is 0. The van der Waals surface area contributed by atoms with Gasteiger partial charge < -0.3 is 55.4 Å². The summed E-state index contributed by atoms with van der Waals surface area (Å²) in [6.07, 6.45) is -18.9. The molecule has 2 rings (SSSR count). The molecule has 1 saturated carbocycles. The molecule has 11 heteroatoms. The molecule has 9 N–H and O–H groups in total. The number of hydrogen-bond acceptors (Lipinski definition) is 11. The van der Waals surface area contributed by atoms with Gasteiger partial charge in [0.2, 0.25) is 0 Å². The fourth-order valence-corrected chi connectivity index (χ4v) is 2.69. The molecule has 1 saturated heterocycles. The number of ether oxygens (including phenoxy) is 2. The summed E-state index contributed by atoms with van der Waals surface area (Å²) in [6, 6.07) is 0. The number of rotatable bonds is 3. The highest BCUT2D eigenvalue weighted by atomic mass is 16.7. The maximum absolute atomic E-state index is 9.85. The summed E-state index contributed by atoms with van der Waals surface area (Å²) >= 11 is 0. The van der Waals surface area contributed by atoms with Crippen LogP contribution in [-0.4, -0.2) is 120 Å². The Kier molecular flexibility index (Phi) is 5.92. The van der Waals surface area contributed by atoms with E-state index in [2.05, 4.69) is 0 Å². The molecule has 1 heterocycles. The van der Waals surface area contributed by atoms with E-state index in [4.69, 9.17) is 14.6 Å². The highest BCUT2D eigenvalue weighted by Crippen LogP contribution is 2.29. The minimum atomic E-state index is -1.83. The zero-order valence-corrected chi connectivity index (χ0v) is 11.9. The summed E-state index contributed by atoms with van der Waals surface area (Å²) in [4.78, 5) is 0. The number of hydrogen-bond donors (Lipinski definition) is 9. The monoisotopic (exact) mass is 342 g/mol. The van der Waals surface area contributed by atoms with E-state index >= 15 is 0 Å². The quantitative estimate of drug-likeness (QED) is 0.236. The first-order valence-corrected chi connectivity index (χ1v) is 7.07. The largest absolute Gasteiger partial charge is 0.394 e. The fourth-order valence-electron chi connectivity index (χ4n) is 2.69. The smallest absolute Gasteiger partial charge is 0.187 e. The highest BCUT2D eigenvalue weighted by molar-refractivity contribution is 5.00. The van der Waals surface area contributed by atoms with Crippen LogP contribution in [0.3, 0.4) is 0 Å². The van der Waals surface area contributed by atoms with Gasteiger partial charge in [-0.3, -0.25) is 0 Å². The van der Waals surface area contributed by atoms with E-state index in [-0.39, 0.29) is 0 Å². The first-order valence-electron chi connectivity index (χ1n) is 7.07. The summed E-state index contributed by atoms with van der Waals surface area (Å²) in [5.41, 5.74) is 0. The Hall–Kier alpha value is -0.440. The molecule has 0 bridgehead atoms. The molecule has 0 spiro atoms. The van der Waals surface area contributed by atoms with E-state index in [1.807, 2.05) is 0 Å². The lowest BCUT2D eigenvalue weighted by Crippen LogP contribution is -2.67. The van der Waals surface area contributed by atoms with Crippen LogP contribution >= 0.6 is 0 Å². The van der Waals surface area contributed by atoms with E-state index in [9.17, 15) is 40.9 Å². The zero-order valence-electron chi connectivity index (χ0n) is 11.9. The first kappa shape index (κ1) is 18.9. The van der Waals surface area contributed by atoms with Crippen LogP contribution in [0.15, 0.2) is 0 Å². The number of aliphatic hydroxyl groups is 9. The Bertz CT molecular complexity index is 377. The Balaban J connectivity index is 2.13. The minimum Gasteiger partial charge on any atom is -0.394 e. The van der Waals surface area contributed by atoms with Gasteiger partial charge in [-0.05, 0) is 0 Å². The average Bonchev–Trinajstić information content (AvgIpc) is 2.54. The zero-order chi connectivity index (χ0) is 17.5. The lowest BCUT2D eigenvalue weighted by Gasteiger charge is -2.45. The van der Waals surface area contributed by atoms with Gasteiger partial charge in [-0.25, -0.2) is 0 Å². The van der Waals surface area contributed by atoms with Gasteiger partial charge in [0.05, 0.1) is 6.61 Å². The van der Waals surface area contributed by atoms with E-state index in [0.717, 1.165) is 0 Å². The van der Waals surface area contributed by atoms with Crippen molar-refractivity contribution in [2.24, 2.45) is 0 Å². The van der Waals surface area contributed by atoms with Crippen molar-refractivity contribution in [3.05, 3.63) is 0 Å². The van der Waals surface area contributed by atoms with Crippen LogP contribution < -0.4 is 0 Å². The molecule has 1 aliphatic carbocycles. The predicted molar refractivity (Wildman–Crippen MR) is 68.7 cm³/mol. The molecule has 23 heavy (non-hydrogen) atoms. The van der Waals surface area contributed by atoms with E-state index in [1.165, 1.54) is 0 Å². The molecule has 11 nitrogen and oxygen atoms in total. The topological polar surface area (TPSA) is 201 Å². The van der Waals surface area contributed by atoms with Gasteiger partial charge >= 0.3 is 0 Å². The molecule has 0 aromatic carbocycles. The van der Waals surface area contributed by atoms with Crippen molar-refractivity contribution in [1.29, 1.82) is 0 Å². The molecule has 0 radical (unpaired) electrons. The highest BCUT2D eigenvalue weighted by Gasteiger charge is 2.52. The van der Waals surface area contributed by atoms with Crippen LogP contribution in [0, 0.1) is 0 Å². The van der Waals surface area contributed by atoms with Crippen molar-refractivity contribution < 1.29 is 55.4 Å². The van der Waals surface area contributed by atoms with Crippen molar-refractivity contribution in [3.63, 3.8) is 0 Å². The van der Waals surface area contributed by atoms with Gasteiger partial charge in [-0.15, -0.1) is 0 Å². The van der Waals surface area contributed by atoms with Gasteiger partial charge in [-0.1, -0.05) is 0 Å². The third-order valence-electron chi connectivity index (χ3n) is 4.21.